The number of aliphatic hydroxyl groups is 1. The molecule has 4 nitrogen and oxygen atoms in total. The van der Waals surface area contributed by atoms with E-state index in [-0.39, 0.29) is 18.6 Å². The Hall–Kier alpha value is -1.72. The minimum atomic E-state index is -0.0647. The van der Waals surface area contributed by atoms with Gasteiger partial charge in [-0.25, -0.2) is 4.98 Å². The van der Waals surface area contributed by atoms with Crippen LogP contribution in [0.5, 0.6) is 0 Å². The standard InChI is InChI=1S/C16H18N2O2S/c19-8-7-14(11-1-2-11)18-16(20)13-5-3-12(4-6-13)15-9-21-10-17-15/h3-6,9-11,14,19H,1-2,7-8H2,(H,18,20). The highest BCUT2D eigenvalue weighted by Gasteiger charge is 2.31. The highest BCUT2D eigenvalue weighted by molar-refractivity contribution is 7.07. The van der Waals surface area contributed by atoms with Crippen LogP contribution < -0.4 is 5.32 Å². The Morgan fingerprint density at radius 3 is 2.71 bits per heavy atom. The summed E-state index contributed by atoms with van der Waals surface area (Å²) in [6, 6.07) is 7.59. The highest BCUT2D eigenvalue weighted by atomic mass is 32.1. The van der Waals surface area contributed by atoms with E-state index in [4.69, 9.17) is 5.11 Å². The Bertz CT molecular complexity index is 591. The van der Waals surface area contributed by atoms with Gasteiger partial charge in [-0.05, 0) is 37.3 Å². The lowest BCUT2D eigenvalue weighted by molar-refractivity contribution is 0.0924. The summed E-state index contributed by atoms with van der Waals surface area (Å²) in [7, 11) is 0. The number of aliphatic hydroxyl groups excluding tert-OH is 1. The van der Waals surface area contributed by atoms with Gasteiger partial charge < -0.3 is 10.4 Å². The number of hydrogen-bond donors (Lipinski definition) is 2. The van der Waals surface area contributed by atoms with Crippen molar-refractivity contribution in [3.8, 4) is 11.3 Å². The molecule has 1 aromatic heterocycles. The Labute approximate surface area is 127 Å². The predicted molar refractivity (Wildman–Crippen MR) is 83.2 cm³/mol. The maximum Gasteiger partial charge on any atom is 0.251 e. The molecule has 2 aromatic rings. The van der Waals surface area contributed by atoms with E-state index in [1.807, 2.05) is 29.6 Å². The van der Waals surface area contributed by atoms with Crippen LogP contribution in [-0.2, 0) is 0 Å². The molecule has 5 heteroatoms. The van der Waals surface area contributed by atoms with Gasteiger partial charge in [-0.1, -0.05) is 12.1 Å². The number of nitrogens with one attached hydrogen (secondary N) is 1. The fourth-order valence-corrected chi connectivity index (χ4v) is 3.02. The van der Waals surface area contributed by atoms with Crippen molar-refractivity contribution in [1.82, 2.24) is 10.3 Å². The number of hydrogen-bond acceptors (Lipinski definition) is 4. The van der Waals surface area contributed by atoms with Gasteiger partial charge in [0, 0.05) is 29.2 Å². The number of thiazole rings is 1. The van der Waals surface area contributed by atoms with Crippen LogP contribution in [0.3, 0.4) is 0 Å². The quantitative estimate of drug-likeness (QED) is 0.862. The van der Waals surface area contributed by atoms with Crippen molar-refractivity contribution in [1.29, 1.82) is 0 Å². The van der Waals surface area contributed by atoms with Gasteiger partial charge in [0.2, 0.25) is 0 Å². The average molecular weight is 302 g/mol. The first-order valence-electron chi connectivity index (χ1n) is 7.18. The SMILES string of the molecule is O=C(NC(CCO)C1CC1)c1ccc(-c2cscn2)cc1. The van der Waals surface area contributed by atoms with Crippen LogP contribution >= 0.6 is 11.3 Å². The minimum Gasteiger partial charge on any atom is -0.396 e. The molecular weight excluding hydrogens is 284 g/mol. The third-order valence-corrected chi connectivity index (χ3v) is 4.41. The smallest absolute Gasteiger partial charge is 0.251 e. The average Bonchev–Trinajstić information content (AvgIpc) is 3.21. The van der Waals surface area contributed by atoms with E-state index >= 15 is 0 Å². The number of carbonyl (C=O) groups excluding carboxylic acids is 1. The Morgan fingerprint density at radius 1 is 1.38 bits per heavy atom. The van der Waals surface area contributed by atoms with E-state index < -0.39 is 0 Å². The summed E-state index contributed by atoms with van der Waals surface area (Å²) in [5.74, 6) is 0.473. The fraction of sp³-hybridized carbons (Fsp3) is 0.375. The second-order valence-corrected chi connectivity index (χ2v) is 6.10. The van der Waals surface area contributed by atoms with Gasteiger partial charge in [0.15, 0.2) is 0 Å². The Morgan fingerprint density at radius 2 is 2.14 bits per heavy atom. The van der Waals surface area contributed by atoms with Gasteiger partial charge in [0.1, 0.15) is 0 Å². The first-order chi connectivity index (χ1) is 10.3. The molecule has 21 heavy (non-hydrogen) atoms. The second-order valence-electron chi connectivity index (χ2n) is 5.38. The summed E-state index contributed by atoms with van der Waals surface area (Å²) in [4.78, 5) is 16.5. The molecule has 1 saturated carbocycles. The summed E-state index contributed by atoms with van der Waals surface area (Å²) in [5, 5.41) is 14.1. The number of rotatable bonds is 6. The molecular formula is C16H18N2O2S. The molecule has 1 atom stereocenters. The topological polar surface area (TPSA) is 62.2 Å². The third kappa shape index (κ3) is 3.49. The zero-order chi connectivity index (χ0) is 14.7. The van der Waals surface area contributed by atoms with Crippen LogP contribution in [0.25, 0.3) is 11.3 Å². The van der Waals surface area contributed by atoms with Gasteiger partial charge in [-0.15, -0.1) is 11.3 Å². The van der Waals surface area contributed by atoms with Crippen LogP contribution in [0.1, 0.15) is 29.6 Å². The number of carbonyl (C=O) groups is 1. The molecule has 0 bridgehead atoms. The van der Waals surface area contributed by atoms with Crippen molar-refractivity contribution in [2.45, 2.75) is 25.3 Å². The first-order valence-corrected chi connectivity index (χ1v) is 8.12. The molecule has 1 aromatic carbocycles. The molecule has 1 unspecified atom stereocenters. The molecule has 3 rings (SSSR count). The number of amides is 1. The first kappa shape index (κ1) is 14.2. The van der Waals surface area contributed by atoms with Crippen molar-refractivity contribution in [3.63, 3.8) is 0 Å². The van der Waals surface area contributed by atoms with E-state index in [2.05, 4.69) is 10.3 Å². The van der Waals surface area contributed by atoms with Crippen LogP contribution in [0.15, 0.2) is 35.2 Å². The van der Waals surface area contributed by atoms with Gasteiger partial charge >= 0.3 is 0 Å². The normalized spacial score (nSPS) is 15.7. The zero-order valence-corrected chi connectivity index (χ0v) is 12.5. The maximum absolute atomic E-state index is 12.3. The lowest BCUT2D eigenvalue weighted by Gasteiger charge is -2.17. The fourth-order valence-electron chi connectivity index (χ4n) is 2.46. The molecule has 1 amide bonds. The maximum atomic E-state index is 12.3. The summed E-state index contributed by atoms with van der Waals surface area (Å²) < 4.78 is 0. The highest BCUT2D eigenvalue weighted by Crippen LogP contribution is 2.34. The molecule has 110 valence electrons. The Balaban J connectivity index is 1.67. The molecule has 0 saturated heterocycles. The molecule has 0 aliphatic heterocycles. The monoisotopic (exact) mass is 302 g/mol. The summed E-state index contributed by atoms with van der Waals surface area (Å²) >= 11 is 1.55. The number of aromatic nitrogens is 1. The molecule has 1 heterocycles. The van der Waals surface area contributed by atoms with Crippen molar-refractivity contribution < 1.29 is 9.90 Å². The molecule has 1 aliphatic carbocycles. The molecule has 2 N–H and O–H groups in total. The lowest BCUT2D eigenvalue weighted by atomic mass is 10.1. The van der Waals surface area contributed by atoms with Crippen molar-refractivity contribution in [2.24, 2.45) is 5.92 Å². The van der Waals surface area contributed by atoms with E-state index in [1.165, 1.54) is 0 Å². The van der Waals surface area contributed by atoms with Crippen LogP contribution in [0.2, 0.25) is 0 Å². The minimum absolute atomic E-state index is 0.0647. The molecule has 0 spiro atoms. The van der Waals surface area contributed by atoms with Crippen LogP contribution in [0, 0.1) is 5.92 Å². The molecule has 1 fully saturated rings. The largest absolute Gasteiger partial charge is 0.396 e. The summed E-state index contributed by atoms with van der Waals surface area (Å²) in [6.07, 6.45) is 2.93. The predicted octanol–water partition coefficient (Wildman–Crippen LogP) is 2.70. The second kappa shape index (κ2) is 6.37. The number of benzene rings is 1. The van der Waals surface area contributed by atoms with Crippen LogP contribution in [0.4, 0.5) is 0 Å². The van der Waals surface area contributed by atoms with E-state index in [1.54, 1.807) is 16.8 Å². The lowest BCUT2D eigenvalue weighted by Crippen LogP contribution is -2.37. The zero-order valence-electron chi connectivity index (χ0n) is 11.7. The van der Waals surface area contributed by atoms with Crippen molar-refractivity contribution in [3.05, 3.63) is 40.7 Å². The van der Waals surface area contributed by atoms with Crippen molar-refractivity contribution >= 4 is 17.2 Å². The third-order valence-electron chi connectivity index (χ3n) is 3.82. The Kier molecular flexibility index (Phi) is 4.31. The van der Waals surface area contributed by atoms with Gasteiger partial charge in [-0.2, -0.15) is 0 Å². The molecule has 0 radical (unpaired) electrons. The molecule has 1 aliphatic rings. The van der Waals surface area contributed by atoms with Gasteiger partial charge in [0.05, 0.1) is 11.2 Å². The van der Waals surface area contributed by atoms with E-state index in [9.17, 15) is 4.79 Å². The van der Waals surface area contributed by atoms with E-state index in [0.29, 0.717) is 17.9 Å². The summed E-state index contributed by atoms with van der Waals surface area (Å²) in [6.45, 7) is 0.115. The van der Waals surface area contributed by atoms with Crippen LogP contribution in [-0.4, -0.2) is 28.6 Å². The van der Waals surface area contributed by atoms with Gasteiger partial charge in [0.25, 0.3) is 5.91 Å². The number of nitrogens with zero attached hydrogens (tertiary/aromatic N) is 1. The van der Waals surface area contributed by atoms with Crippen molar-refractivity contribution in [2.75, 3.05) is 6.61 Å². The van der Waals surface area contributed by atoms with Gasteiger partial charge in [-0.3, -0.25) is 4.79 Å². The van der Waals surface area contributed by atoms with E-state index in [0.717, 1.165) is 24.1 Å². The summed E-state index contributed by atoms with van der Waals surface area (Å²) in [5.41, 5.74) is 4.40.